The maximum Gasteiger partial charge on any atom is 0.490 e. The number of alkyl halides is 6. The quantitative estimate of drug-likeness (QED) is 0.486. The highest BCUT2D eigenvalue weighted by Gasteiger charge is 2.41. The van der Waals surface area contributed by atoms with Crippen molar-refractivity contribution in [2.45, 2.75) is 31.2 Å². The van der Waals surface area contributed by atoms with Gasteiger partial charge in [-0.05, 0) is 36.1 Å². The number of nitrogens with zero attached hydrogens (tertiary/aromatic N) is 2. The van der Waals surface area contributed by atoms with E-state index in [9.17, 15) is 35.9 Å². The van der Waals surface area contributed by atoms with Crippen molar-refractivity contribution in [1.82, 2.24) is 9.80 Å². The molecule has 1 saturated heterocycles. The van der Waals surface area contributed by atoms with E-state index in [4.69, 9.17) is 9.90 Å². The lowest BCUT2D eigenvalue weighted by atomic mass is 10.1. The molecule has 190 valence electrons. The number of carbonyl (C=O) groups is 3. The summed E-state index contributed by atoms with van der Waals surface area (Å²) < 4.78 is 69.4. The third-order valence-electron chi connectivity index (χ3n) is 5.69. The molecule has 2 aliphatic rings. The van der Waals surface area contributed by atoms with Crippen molar-refractivity contribution in [2.75, 3.05) is 26.2 Å². The molecule has 1 aliphatic carbocycles. The minimum atomic E-state index is -5.08. The molecule has 0 unspecified atom stereocenters. The number of halogens is 6. The molecule has 0 atom stereocenters. The standard InChI is InChI=1S/C20H19F3N2O2S.C2HF3O2/c21-20(22,23)18(26)16-5-6-17(28-16)19(27)25-9-7-24(8-10-25)15-11-13-3-1-2-4-14(13)12-15;3-2(4,5)1(6)7/h1-6,15H,7-12H2;(H,6,7). The zero-order chi connectivity index (χ0) is 26.0. The molecule has 0 radical (unpaired) electrons. The van der Waals surface area contributed by atoms with E-state index in [1.54, 1.807) is 4.90 Å². The molecule has 2 aromatic rings. The van der Waals surface area contributed by atoms with Crippen molar-refractivity contribution in [3.05, 3.63) is 57.3 Å². The number of ketones is 1. The van der Waals surface area contributed by atoms with Gasteiger partial charge in [-0.15, -0.1) is 11.3 Å². The highest BCUT2D eigenvalue weighted by atomic mass is 32.1. The van der Waals surface area contributed by atoms with Gasteiger partial charge in [0.05, 0.1) is 9.75 Å². The first-order chi connectivity index (χ1) is 16.3. The Kier molecular flexibility index (Phi) is 7.90. The second-order valence-electron chi connectivity index (χ2n) is 7.95. The lowest BCUT2D eigenvalue weighted by molar-refractivity contribution is -0.192. The fourth-order valence-corrected chi connectivity index (χ4v) is 4.89. The van der Waals surface area contributed by atoms with Crippen LogP contribution in [0.25, 0.3) is 0 Å². The second kappa shape index (κ2) is 10.4. The number of carboxylic acid groups (broad SMARTS) is 1. The number of benzene rings is 1. The zero-order valence-electron chi connectivity index (χ0n) is 18.0. The third-order valence-corrected chi connectivity index (χ3v) is 6.76. The minimum absolute atomic E-state index is 0.175. The molecular weight excluding hydrogens is 502 g/mol. The van der Waals surface area contributed by atoms with Crippen molar-refractivity contribution in [3.63, 3.8) is 0 Å². The van der Waals surface area contributed by atoms with E-state index < -0.39 is 29.0 Å². The number of amides is 1. The van der Waals surface area contributed by atoms with E-state index in [2.05, 4.69) is 29.2 Å². The summed E-state index contributed by atoms with van der Waals surface area (Å²) >= 11 is 0.613. The van der Waals surface area contributed by atoms with Crippen LogP contribution in [-0.4, -0.2) is 77.1 Å². The molecule has 6 nitrogen and oxygen atoms in total. The van der Waals surface area contributed by atoms with Crippen LogP contribution in [0.15, 0.2) is 36.4 Å². The Morgan fingerprint density at radius 1 is 0.800 bits per heavy atom. The Balaban J connectivity index is 0.000000429. The smallest absolute Gasteiger partial charge is 0.475 e. The van der Waals surface area contributed by atoms with Crippen LogP contribution in [0.3, 0.4) is 0 Å². The number of carbonyl (C=O) groups excluding carboxylic acids is 2. The Morgan fingerprint density at radius 2 is 1.29 bits per heavy atom. The Morgan fingerprint density at radius 3 is 1.74 bits per heavy atom. The number of rotatable bonds is 3. The van der Waals surface area contributed by atoms with Crippen molar-refractivity contribution >= 4 is 29.0 Å². The molecule has 1 aliphatic heterocycles. The molecule has 1 N–H and O–H groups in total. The number of thiophene rings is 1. The monoisotopic (exact) mass is 522 g/mol. The van der Waals surface area contributed by atoms with Crippen molar-refractivity contribution in [1.29, 1.82) is 0 Å². The molecule has 0 saturated carbocycles. The lowest BCUT2D eigenvalue weighted by Crippen LogP contribution is -2.52. The average Bonchev–Trinajstić information content (AvgIpc) is 3.45. The zero-order valence-corrected chi connectivity index (χ0v) is 18.8. The van der Waals surface area contributed by atoms with Crippen molar-refractivity contribution in [3.8, 4) is 0 Å². The number of fused-ring (bicyclic) bond motifs is 1. The van der Waals surface area contributed by atoms with E-state index in [-0.39, 0.29) is 10.8 Å². The fraction of sp³-hybridized carbons (Fsp3) is 0.409. The van der Waals surface area contributed by atoms with Gasteiger partial charge in [0.1, 0.15) is 0 Å². The summed E-state index contributed by atoms with van der Waals surface area (Å²) in [5.74, 6) is -4.96. The maximum absolute atomic E-state index is 12.6. The summed E-state index contributed by atoms with van der Waals surface area (Å²) in [7, 11) is 0. The molecule has 0 bridgehead atoms. The summed E-state index contributed by atoms with van der Waals surface area (Å²) in [4.78, 5) is 36.6. The first-order valence-corrected chi connectivity index (χ1v) is 11.2. The van der Waals surface area contributed by atoms with Gasteiger partial charge in [0.25, 0.3) is 11.7 Å². The van der Waals surface area contributed by atoms with Crippen LogP contribution in [0.4, 0.5) is 26.3 Å². The van der Waals surface area contributed by atoms with Gasteiger partial charge in [0.2, 0.25) is 0 Å². The topological polar surface area (TPSA) is 77.9 Å². The van der Waals surface area contributed by atoms with E-state index in [1.807, 2.05) is 0 Å². The van der Waals surface area contributed by atoms with E-state index in [1.165, 1.54) is 17.2 Å². The van der Waals surface area contributed by atoms with Gasteiger partial charge in [0, 0.05) is 32.2 Å². The highest BCUT2D eigenvalue weighted by molar-refractivity contribution is 7.16. The molecule has 0 spiro atoms. The van der Waals surface area contributed by atoms with Gasteiger partial charge in [-0.25, -0.2) is 4.79 Å². The predicted molar refractivity (Wildman–Crippen MR) is 114 cm³/mol. The normalized spacial score (nSPS) is 16.9. The summed E-state index contributed by atoms with van der Waals surface area (Å²) in [6.45, 7) is 2.55. The van der Waals surface area contributed by atoms with E-state index in [0.717, 1.165) is 32.0 Å². The number of Topliss-reactive ketones (excluding diaryl/α,β-unsaturated/α-hetero) is 1. The molecule has 1 fully saturated rings. The molecule has 35 heavy (non-hydrogen) atoms. The molecule has 1 aromatic heterocycles. The van der Waals surface area contributed by atoms with Crippen LogP contribution in [0, 0.1) is 0 Å². The Labute approximate surface area is 199 Å². The van der Waals surface area contributed by atoms with Gasteiger partial charge in [0.15, 0.2) is 0 Å². The molecule has 2 heterocycles. The van der Waals surface area contributed by atoms with Crippen LogP contribution >= 0.6 is 11.3 Å². The summed E-state index contributed by atoms with van der Waals surface area (Å²) in [5.41, 5.74) is 2.76. The van der Waals surface area contributed by atoms with Crippen LogP contribution in [0.1, 0.15) is 30.5 Å². The van der Waals surface area contributed by atoms with Gasteiger partial charge < -0.3 is 10.0 Å². The molecule has 13 heteroatoms. The SMILES string of the molecule is O=C(O)C(F)(F)F.O=C(c1ccc(C(=O)C(F)(F)F)s1)N1CCN(C2Cc3ccccc3C2)CC1. The first kappa shape index (κ1) is 26.7. The van der Waals surface area contributed by atoms with Gasteiger partial charge in [-0.3, -0.25) is 14.5 Å². The molecular formula is C22H20F6N2O4S. The van der Waals surface area contributed by atoms with Gasteiger partial charge >= 0.3 is 18.3 Å². The Hall–Kier alpha value is -2.93. The third kappa shape index (κ3) is 6.60. The number of hydrogen-bond donors (Lipinski definition) is 1. The van der Waals surface area contributed by atoms with E-state index in [0.29, 0.717) is 30.5 Å². The van der Waals surface area contributed by atoms with Crippen molar-refractivity contribution < 1.29 is 45.8 Å². The predicted octanol–water partition coefficient (Wildman–Crippen LogP) is 4.05. The van der Waals surface area contributed by atoms with Crippen molar-refractivity contribution in [2.24, 2.45) is 0 Å². The number of aliphatic carboxylic acids is 1. The first-order valence-electron chi connectivity index (χ1n) is 10.4. The van der Waals surface area contributed by atoms with Gasteiger partial charge in [-0.1, -0.05) is 24.3 Å². The summed E-state index contributed by atoms with van der Waals surface area (Å²) in [6.07, 6.45) is -7.98. The second-order valence-corrected chi connectivity index (χ2v) is 9.04. The molecule has 4 rings (SSSR count). The van der Waals surface area contributed by atoms with Crippen LogP contribution in [-0.2, 0) is 17.6 Å². The van der Waals surface area contributed by atoms with Crippen LogP contribution in [0.2, 0.25) is 0 Å². The highest BCUT2D eigenvalue weighted by Crippen LogP contribution is 2.29. The Bertz CT molecular complexity index is 1070. The lowest BCUT2D eigenvalue weighted by Gasteiger charge is -2.37. The number of hydrogen-bond acceptors (Lipinski definition) is 5. The average molecular weight is 522 g/mol. The van der Waals surface area contributed by atoms with E-state index >= 15 is 0 Å². The van der Waals surface area contributed by atoms with Gasteiger partial charge in [-0.2, -0.15) is 26.3 Å². The fourth-order valence-electron chi connectivity index (χ4n) is 3.95. The number of carboxylic acids is 1. The number of piperazine rings is 1. The van der Waals surface area contributed by atoms with Crippen LogP contribution in [0.5, 0.6) is 0 Å². The summed E-state index contributed by atoms with van der Waals surface area (Å²) in [6, 6.07) is 11.3. The van der Waals surface area contributed by atoms with Crippen LogP contribution < -0.4 is 0 Å². The molecule has 1 aromatic carbocycles. The largest absolute Gasteiger partial charge is 0.490 e. The maximum atomic E-state index is 12.6. The molecule has 1 amide bonds. The summed E-state index contributed by atoms with van der Waals surface area (Å²) in [5, 5.41) is 7.12. The minimum Gasteiger partial charge on any atom is -0.475 e.